The van der Waals surface area contributed by atoms with E-state index >= 15 is 0 Å². The van der Waals surface area contributed by atoms with Crippen LogP contribution in [0.1, 0.15) is 31.7 Å². The van der Waals surface area contributed by atoms with Gasteiger partial charge in [-0.2, -0.15) is 4.98 Å². The highest BCUT2D eigenvalue weighted by Gasteiger charge is 2.25. The molecule has 0 spiro atoms. The van der Waals surface area contributed by atoms with Crippen molar-refractivity contribution in [2.75, 3.05) is 36.5 Å². The lowest BCUT2D eigenvalue weighted by molar-refractivity contribution is -0.142. The number of hydrogen-bond acceptors (Lipinski definition) is 7. The first kappa shape index (κ1) is 19.9. The Morgan fingerprint density at radius 1 is 1.29 bits per heavy atom. The van der Waals surface area contributed by atoms with Gasteiger partial charge in [-0.15, -0.1) is 0 Å². The zero-order valence-electron chi connectivity index (χ0n) is 16.2. The van der Waals surface area contributed by atoms with Gasteiger partial charge in [-0.1, -0.05) is 18.2 Å². The summed E-state index contributed by atoms with van der Waals surface area (Å²) in [5.41, 5.74) is 1.20. The Morgan fingerprint density at radius 2 is 2.07 bits per heavy atom. The number of nitrogens with one attached hydrogen (secondary N) is 1. The first-order valence-corrected chi connectivity index (χ1v) is 9.78. The molecule has 150 valence electrons. The number of hydrogen-bond donors (Lipinski definition) is 2. The normalized spacial score (nSPS) is 14.7. The van der Waals surface area contributed by atoms with Gasteiger partial charge in [0.1, 0.15) is 12.1 Å². The van der Waals surface area contributed by atoms with Crippen LogP contribution in [-0.4, -0.2) is 52.3 Å². The summed E-state index contributed by atoms with van der Waals surface area (Å²) in [6.45, 7) is 4.68. The molecule has 0 unspecified atom stereocenters. The van der Waals surface area contributed by atoms with Gasteiger partial charge in [0.25, 0.3) is 0 Å². The first-order chi connectivity index (χ1) is 13.7. The second kappa shape index (κ2) is 9.87. The zero-order chi connectivity index (χ0) is 19.8. The van der Waals surface area contributed by atoms with Crippen molar-refractivity contribution in [1.82, 2.24) is 15.0 Å². The number of ether oxygens (including phenoxy) is 1. The van der Waals surface area contributed by atoms with Crippen molar-refractivity contribution >= 4 is 17.9 Å². The molecule has 2 aromatic rings. The first-order valence-electron chi connectivity index (χ1n) is 9.78. The predicted molar refractivity (Wildman–Crippen MR) is 107 cm³/mol. The quantitative estimate of drug-likeness (QED) is 0.636. The highest BCUT2D eigenvalue weighted by Crippen LogP contribution is 2.21. The molecule has 0 radical (unpaired) electrons. The third kappa shape index (κ3) is 5.31. The van der Waals surface area contributed by atoms with Crippen LogP contribution < -0.4 is 15.0 Å². The maximum atomic E-state index is 11.1. The van der Waals surface area contributed by atoms with Crippen LogP contribution in [0.5, 0.6) is 5.75 Å². The third-order valence-corrected chi connectivity index (χ3v) is 4.86. The average Bonchev–Trinajstić information content (AvgIpc) is 2.73. The van der Waals surface area contributed by atoms with Crippen molar-refractivity contribution in [2.24, 2.45) is 5.92 Å². The van der Waals surface area contributed by atoms with Gasteiger partial charge in [-0.3, -0.25) is 4.79 Å². The lowest BCUT2D eigenvalue weighted by Crippen LogP contribution is -2.37. The van der Waals surface area contributed by atoms with Crippen LogP contribution in [0.3, 0.4) is 0 Å². The number of carbonyl (C=O) groups is 1. The SMILES string of the molecule is CCOc1ccccc1CCCNc1ncnc(N2CCC(C(=O)O)CC2)n1. The molecule has 2 N–H and O–H groups in total. The van der Waals surface area contributed by atoms with Crippen LogP contribution in [0.25, 0.3) is 0 Å². The van der Waals surface area contributed by atoms with Crippen LogP contribution in [0.2, 0.25) is 0 Å². The summed E-state index contributed by atoms with van der Waals surface area (Å²) in [4.78, 5) is 26.0. The molecule has 0 amide bonds. The van der Waals surface area contributed by atoms with Gasteiger partial charge in [0.15, 0.2) is 0 Å². The minimum absolute atomic E-state index is 0.268. The van der Waals surface area contributed by atoms with E-state index in [1.165, 1.54) is 11.9 Å². The number of carboxylic acids is 1. The Kier molecular flexibility index (Phi) is 7.00. The second-order valence-corrected chi connectivity index (χ2v) is 6.78. The molecule has 0 bridgehead atoms. The largest absolute Gasteiger partial charge is 0.494 e. The number of aryl methyl sites for hydroxylation is 1. The number of piperidine rings is 1. The van der Waals surface area contributed by atoms with Gasteiger partial charge < -0.3 is 20.1 Å². The average molecular weight is 385 g/mol. The minimum atomic E-state index is -0.719. The van der Waals surface area contributed by atoms with Gasteiger partial charge in [-0.05, 0) is 44.2 Å². The number of aromatic nitrogens is 3. The van der Waals surface area contributed by atoms with Crippen molar-refractivity contribution in [3.63, 3.8) is 0 Å². The molecular weight excluding hydrogens is 358 g/mol. The van der Waals surface area contributed by atoms with Gasteiger partial charge >= 0.3 is 5.97 Å². The number of benzene rings is 1. The number of rotatable bonds is 9. The fourth-order valence-electron chi connectivity index (χ4n) is 3.34. The van der Waals surface area contributed by atoms with E-state index in [4.69, 9.17) is 9.84 Å². The van der Waals surface area contributed by atoms with E-state index in [0.29, 0.717) is 44.4 Å². The third-order valence-electron chi connectivity index (χ3n) is 4.86. The lowest BCUT2D eigenvalue weighted by atomic mass is 9.97. The monoisotopic (exact) mass is 385 g/mol. The van der Waals surface area contributed by atoms with Crippen LogP contribution in [0.4, 0.5) is 11.9 Å². The molecule has 8 nitrogen and oxygen atoms in total. The van der Waals surface area contributed by atoms with E-state index in [0.717, 1.165) is 25.1 Å². The molecule has 2 heterocycles. The molecule has 1 aromatic carbocycles. The van der Waals surface area contributed by atoms with Gasteiger partial charge in [0.05, 0.1) is 12.5 Å². The molecule has 1 aromatic heterocycles. The van der Waals surface area contributed by atoms with Crippen molar-refractivity contribution in [2.45, 2.75) is 32.6 Å². The molecule has 1 fully saturated rings. The number of aliphatic carboxylic acids is 1. The van der Waals surface area contributed by atoms with Crippen LogP contribution in [0, 0.1) is 5.92 Å². The van der Waals surface area contributed by atoms with Crippen LogP contribution >= 0.6 is 0 Å². The summed E-state index contributed by atoms with van der Waals surface area (Å²) in [5, 5.41) is 12.4. The highest BCUT2D eigenvalue weighted by atomic mass is 16.5. The minimum Gasteiger partial charge on any atom is -0.494 e. The summed E-state index contributed by atoms with van der Waals surface area (Å²) in [6, 6.07) is 8.10. The summed E-state index contributed by atoms with van der Waals surface area (Å²) in [7, 11) is 0. The van der Waals surface area contributed by atoms with E-state index in [-0.39, 0.29) is 5.92 Å². The molecule has 0 atom stereocenters. The van der Waals surface area contributed by atoms with Gasteiger partial charge in [0, 0.05) is 19.6 Å². The van der Waals surface area contributed by atoms with Crippen molar-refractivity contribution in [3.05, 3.63) is 36.2 Å². The summed E-state index contributed by atoms with van der Waals surface area (Å²) >= 11 is 0. The van der Waals surface area contributed by atoms with E-state index in [1.54, 1.807) is 0 Å². The smallest absolute Gasteiger partial charge is 0.306 e. The molecule has 1 aliphatic heterocycles. The van der Waals surface area contributed by atoms with Gasteiger partial charge in [-0.25, -0.2) is 9.97 Å². The molecule has 28 heavy (non-hydrogen) atoms. The standard InChI is InChI=1S/C20H27N5O3/c1-2-28-17-8-4-3-6-15(17)7-5-11-21-19-22-14-23-20(24-19)25-12-9-16(10-13-25)18(26)27/h3-4,6,8,14,16H,2,5,7,9-13H2,1H3,(H,26,27)(H,21,22,23,24). The van der Waals surface area contributed by atoms with Gasteiger partial charge in [0.2, 0.25) is 11.9 Å². The Balaban J connectivity index is 1.48. The van der Waals surface area contributed by atoms with E-state index in [2.05, 4.69) is 26.3 Å². The highest BCUT2D eigenvalue weighted by molar-refractivity contribution is 5.70. The predicted octanol–water partition coefficient (Wildman–Crippen LogP) is 2.62. The Morgan fingerprint density at radius 3 is 2.82 bits per heavy atom. The molecule has 3 rings (SSSR count). The maximum Gasteiger partial charge on any atom is 0.306 e. The Labute approximate surface area is 165 Å². The van der Waals surface area contributed by atoms with Crippen LogP contribution in [0.15, 0.2) is 30.6 Å². The number of nitrogens with zero attached hydrogens (tertiary/aromatic N) is 4. The fraction of sp³-hybridized carbons (Fsp3) is 0.500. The molecule has 1 aliphatic rings. The van der Waals surface area contributed by atoms with Crippen molar-refractivity contribution in [1.29, 1.82) is 0 Å². The lowest BCUT2D eigenvalue weighted by Gasteiger charge is -2.29. The maximum absolute atomic E-state index is 11.1. The van der Waals surface area contributed by atoms with E-state index < -0.39 is 5.97 Å². The second-order valence-electron chi connectivity index (χ2n) is 6.78. The van der Waals surface area contributed by atoms with Crippen molar-refractivity contribution in [3.8, 4) is 5.75 Å². The van der Waals surface area contributed by atoms with Crippen molar-refractivity contribution < 1.29 is 14.6 Å². The van der Waals surface area contributed by atoms with E-state index in [9.17, 15) is 4.79 Å². The molecule has 0 saturated carbocycles. The zero-order valence-corrected chi connectivity index (χ0v) is 16.2. The number of anilines is 2. The summed E-state index contributed by atoms with van der Waals surface area (Å²) in [6.07, 6.45) is 4.56. The van der Waals surface area contributed by atoms with E-state index in [1.807, 2.05) is 30.0 Å². The Bertz CT molecular complexity index is 778. The number of carboxylic acid groups (broad SMARTS) is 1. The Hall–Kier alpha value is -2.90. The number of para-hydroxylation sites is 1. The molecular formula is C20H27N5O3. The molecule has 1 saturated heterocycles. The van der Waals surface area contributed by atoms with Crippen LogP contribution in [-0.2, 0) is 11.2 Å². The fourth-order valence-corrected chi connectivity index (χ4v) is 3.34. The topological polar surface area (TPSA) is 100 Å². The summed E-state index contributed by atoms with van der Waals surface area (Å²) < 4.78 is 5.66. The summed E-state index contributed by atoms with van der Waals surface area (Å²) in [5.74, 6) is 1.10. The molecule has 8 heteroatoms. The molecule has 0 aliphatic carbocycles.